The lowest BCUT2D eigenvalue weighted by atomic mass is 10.1. The molecule has 3 amide bonds. The minimum absolute atomic E-state index is 0.0482. The molecule has 8 nitrogen and oxygen atoms in total. The highest BCUT2D eigenvalue weighted by Crippen LogP contribution is 2.30. The van der Waals surface area contributed by atoms with Crippen molar-refractivity contribution in [2.75, 3.05) is 0 Å². The van der Waals surface area contributed by atoms with Crippen molar-refractivity contribution in [1.82, 2.24) is 10.2 Å². The van der Waals surface area contributed by atoms with E-state index in [-0.39, 0.29) is 17.9 Å². The first-order valence-corrected chi connectivity index (χ1v) is 9.64. The minimum atomic E-state index is -0.535. The largest absolute Gasteiger partial charge is 0.457 e. The molecular weight excluding hydrogens is 422 g/mol. The van der Waals surface area contributed by atoms with Crippen LogP contribution in [0.3, 0.4) is 0 Å². The molecule has 1 aliphatic rings. The van der Waals surface area contributed by atoms with Crippen LogP contribution in [0, 0.1) is 17.0 Å². The zero-order chi connectivity index (χ0) is 22.1. The third-order valence-corrected chi connectivity index (χ3v) is 5.08. The number of nitro groups is 1. The number of hydrogen-bond donors (Lipinski definition) is 1. The Morgan fingerprint density at radius 1 is 1.13 bits per heavy atom. The Morgan fingerprint density at radius 2 is 1.87 bits per heavy atom. The molecule has 156 valence electrons. The molecule has 1 saturated heterocycles. The molecule has 2 aromatic carbocycles. The van der Waals surface area contributed by atoms with Crippen LogP contribution in [-0.2, 0) is 11.3 Å². The molecule has 1 aliphatic heterocycles. The van der Waals surface area contributed by atoms with Gasteiger partial charge in [0, 0.05) is 28.8 Å². The number of urea groups is 1. The number of benzene rings is 2. The van der Waals surface area contributed by atoms with Crippen LogP contribution in [-0.4, -0.2) is 21.8 Å². The standard InChI is InChI=1S/C22H16ClN3O5/c1-13-2-7-16(26(29)30)10-18(13)20-9-8-17(31-20)11-19-21(27)25(22(28)24-19)12-14-3-5-15(23)6-4-14/h2-11H,12H2,1H3,(H,24,28)/b19-11-. The lowest BCUT2D eigenvalue weighted by molar-refractivity contribution is -0.384. The molecule has 0 radical (unpaired) electrons. The second-order valence-corrected chi connectivity index (χ2v) is 7.40. The predicted octanol–water partition coefficient (Wildman–Crippen LogP) is 4.91. The average Bonchev–Trinajstić information content (AvgIpc) is 3.30. The van der Waals surface area contributed by atoms with Gasteiger partial charge in [0.2, 0.25) is 0 Å². The van der Waals surface area contributed by atoms with Gasteiger partial charge in [0.05, 0.1) is 11.5 Å². The van der Waals surface area contributed by atoms with Crippen LogP contribution in [0.25, 0.3) is 17.4 Å². The maximum atomic E-state index is 12.7. The number of nitrogens with one attached hydrogen (secondary N) is 1. The minimum Gasteiger partial charge on any atom is -0.457 e. The molecule has 0 bridgehead atoms. The van der Waals surface area contributed by atoms with Gasteiger partial charge in [-0.25, -0.2) is 4.79 Å². The number of aryl methyl sites for hydroxylation is 1. The Morgan fingerprint density at radius 3 is 2.58 bits per heavy atom. The number of nitrogens with zero attached hydrogens (tertiary/aromatic N) is 2. The Hall–Kier alpha value is -3.91. The molecule has 0 unspecified atom stereocenters. The highest BCUT2D eigenvalue weighted by Gasteiger charge is 2.33. The van der Waals surface area contributed by atoms with Gasteiger partial charge in [0.1, 0.15) is 17.2 Å². The van der Waals surface area contributed by atoms with E-state index in [4.69, 9.17) is 16.0 Å². The lowest BCUT2D eigenvalue weighted by Gasteiger charge is -2.11. The van der Waals surface area contributed by atoms with Gasteiger partial charge in [-0.15, -0.1) is 0 Å². The van der Waals surface area contributed by atoms with Crippen molar-refractivity contribution < 1.29 is 18.9 Å². The Bertz CT molecular complexity index is 1230. The average molecular weight is 438 g/mol. The number of carbonyl (C=O) groups excluding carboxylic acids is 2. The van der Waals surface area contributed by atoms with Crippen molar-refractivity contribution in [3.8, 4) is 11.3 Å². The van der Waals surface area contributed by atoms with Crippen LogP contribution < -0.4 is 5.32 Å². The van der Waals surface area contributed by atoms with E-state index < -0.39 is 16.9 Å². The number of halogens is 1. The van der Waals surface area contributed by atoms with Gasteiger partial charge in [-0.3, -0.25) is 19.8 Å². The van der Waals surface area contributed by atoms with Gasteiger partial charge in [-0.1, -0.05) is 29.8 Å². The summed E-state index contributed by atoms with van der Waals surface area (Å²) in [6.45, 7) is 1.92. The third-order valence-electron chi connectivity index (χ3n) is 4.83. The SMILES string of the molecule is Cc1ccc([N+](=O)[O-])cc1-c1ccc(/C=C2\NC(=O)N(Cc3ccc(Cl)cc3)C2=O)o1. The third kappa shape index (κ3) is 4.19. The van der Waals surface area contributed by atoms with Crippen molar-refractivity contribution in [3.05, 3.63) is 92.3 Å². The fourth-order valence-electron chi connectivity index (χ4n) is 3.19. The number of imide groups is 1. The summed E-state index contributed by atoms with van der Waals surface area (Å²) in [6.07, 6.45) is 1.43. The summed E-state index contributed by atoms with van der Waals surface area (Å²) >= 11 is 5.87. The Labute approximate surface area is 181 Å². The molecule has 3 aromatic rings. The molecule has 31 heavy (non-hydrogen) atoms. The summed E-state index contributed by atoms with van der Waals surface area (Å²) in [7, 11) is 0. The smallest absolute Gasteiger partial charge is 0.329 e. The molecule has 0 spiro atoms. The van der Waals surface area contributed by atoms with Gasteiger partial charge >= 0.3 is 6.03 Å². The molecule has 0 saturated carbocycles. The fraction of sp³-hybridized carbons (Fsp3) is 0.0909. The maximum absolute atomic E-state index is 12.7. The van der Waals surface area contributed by atoms with Crippen molar-refractivity contribution in [2.45, 2.75) is 13.5 Å². The lowest BCUT2D eigenvalue weighted by Crippen LogP contribution is -2.30. The van der Waals surface area contributed by atoms with Gasteiger partial charge < -0.3 is 9.73 Å². The van der Waals surface area contributed by atoms with Crippen LogP contribution >= 0.6 is 11.6 Å². The summed E-state index contributed by atoms with van der Waals surface area (Å²) in [5, 5.41) is 14.2. The first-order chi connectivity index (χ1) is 14.8. The van der Waals surface area contributed by atoms with E-state index in [1.165, 1.54) is 18.2 Å². The number of nitro benzene ring substituents is 1. The molecule has 4 rings (SSSR count). The second kappa shape index (κ2) is 8.08. The second-order valence-electron chi connectivity index (χ2n) is 6.96. The van der Waals surface area contributed by atoms with E-state index >= 15 is 0 Å². The zero-order valence-electron chi connectivity index (χ0n) is 16.3. The number of amides is 3. The maximum Gasteiger partial charge on any atom is 0.329 e. The van der Waals surface area contributed by atoms with Crippen molar-refractivity contribution in [3.63, 3.8) is 0 Å². The Kier molecular flexibility index (Phi) is 5.31. The highest BCUT2D eigenvalue weighted by atomic mass is 35.5. The topological polar surface area (TPSA) is 106 Å². The van der Waals surface area contributed by atoms with Crippen LogP contribution in [0.4, 0.5) is 10.5 Å². The van der Waals surface area contributed by atoms with E-state index in [9.17, 15) is 19.7 Å². The first-order valence-electron chi connectivity index (χ1n) is 9.26. The molecule has 1 aromatic heterocycles. The molecule has 2 heterocycles. The van der Waals surface area contributed by atoms with Crippen molar-refractivity contribution >= 4 is 35.3 Å². The summed E-state index contributed by atoms with van der Waals surface area (Å²) < 4.78 is 5.76. The van der Waals surface area contributed by atoms with Crippen LogP contribution in [0.2, 0.25) is 5.02 Å². The van der Waals surface area contributed by atoms with E-state index in [0.717, 1.165) is 16.0 Å². The fourth-order valence-corrected chi connectivity index (χ4v) is 3.32. The number of hydrogen-bond acceptors (Lipinski definition) is 5. The normalized spacial score (nSPS) is 14.9. The molecule has 1 fully saturated rings. The number of non-ortho nitro benzene ring substituents is 1. The molecule has 0 atom stereocenters. The quantitative estimate of drug-likeness (QED) is 0.264. The van der Waals surface area contributed by atoms with Gasteiger partial charge in [-0.05, 0) is 42.3 Å². The molecule has 0 aliphatic carbocycles. The van der Waals surface area contributed by atoms with Gasteiger partial charge in [-0.2, -0.15) is 0 Å². The van der Waals surface area contributed by atoms with Crippen molar-refractivity contribution in [1.29, 1.82) is 0 Å². The number of carbonyl (C=O) groups is 2. The molecular formula is C22H16ClN3O5. The Balaban J connectivity index is 1.56. The zero-order valence-corrected chi connectivity index (χ0v) is 17.1. The monoisotopic (exact) mass is 437 g/mol. The van der Waals surface area contributed by atoms with E-state index in [0.29, 0.717) is 22.1 Å². The number of furan rings is 1. The van der Waals surface area contributed by atoms with Crippen LogP contribution in [0.5, 0.6) is 0 Å². The van der Waals surface area contributed by atoms with Gasteiger partial charge in [0.25, 0.3) is 11.6 Å². The summed E-state index contributed by atoms with van der Waals surface area (Å²) in [5.74, 6) is 0.269. The molecule has 9 heteroatoms. The summed E-state index contributed by atoms with van der Waals surface area (Å²) in [4.78, 5) is 36.6. The predicted molar refractivity (Wildman–Crippen MR) is 114 cm³/mol. The van der Waals surface area contributed by atoms with E-state index in [2.05, 4.69) is 5.32 Å². The summed E-state index contributed by atoms with van der Waals surface area (Å²) in [6, 6.07) is 14.1. The van der Waals surface area contributed by atoms with Crippen molar-refractivity contribution in [2.24, 2.45) is 0 Å². The van der Waals surface area contributed by atoms with Crippen LogP contribution in [0.15, 0.2) is 64.7 Å². The summed E-state index contributed by atoms with van der Waals surface area (Å²) in [5.41, 5.74) is 2.17. The van der Waals surface area contributed by atoms with E-state index in [1.54, 1.807) is 42.5 Å². The van der Waals surface area contributed by atoms with Gasteiger partial charge in [0.15, 0.2) is 0 Å². The van der Waals surface area contributed by atoms with Crippen LogP contribution in [0.1, 0.15) is 16.9 Å². The first kappa shape index (κ1) is 20.4. The molecule has 1 N–H and O–H groups in total. The number of rotatable bonds is 5. The van der Waals surface area contributed by atoms with E-state index in [1.807, 2.05) is 6.92 Å². The highest BCUT2D eigenvalue weighted by molar-refractivity contribution is 6.30.